The molecule has 0 unspecified atom stereocenters. The van der Waals surface area contributed by atoms with Crippen LogP contribution in [0.2, 0.25) is 0 Å². The van der Waals surface area contributed by atoms with E-state index in [1.165, 1.54) is 12.1 Å². The lowest BCUT2D eigenvalue weighted by Gasteiger charge is -2.10. The number of aliphatic imine (C=N–C) groups is 1. The van der Waals surface area contributed by atoms with Crippen LogP contribution in [-0.2, 0) is 13.1 Å². The van der Waals surface area contributed by atoms with Crippen molar-refractivity contribution >= 4 is 22.3 Å². The van der Waals surface area contributed by atoms with Crippen LogP contribution >= 0.6 is 11.3 Å². The van der Waals surface area contributed by atoms with Crippen LogP contribution in [-0.4, -0.2) is 21.9 Å². The zero-order valence-corrected chi connectivity index (χ0v) is 13.6. The number of thiazole rings is 1. The molecule has 0 saturated carbocycles. The molecule has 0 bridgehead atoms. The topological polar surface area (TPSA) is 53.7 Å². The summed E-state index contributed by atoms with van der Waals surface area (Å²) in [4.78, 5) is 9.97. The standard InChI is InChI=1S/C16H18FN5S/c1-2-18-15(19-9-12-4-3-5-13(17)8-12)20-10-14-11-22-6-7-23-16(22)21-14/h3-8,11H,2,9-10H2,1H3,(H2,18,19,20). The molecule has 23 heavy (non-hydrogen) atoms. The minimum atomic E-state index is -0.242. The molecule has 0 saturated heterocycles. The summed E-state index contributed by atoms with van der Waals surface area (Å²) in [5.74, 6) is 0.446. The Kier molecular flexibility index (Phi) is 4.87. The lowest BCUT2D eigenvalue weighted by Crippen LogP contribution is -2.36. The molecule has 5 nitrogen and oxygen atoms in total. The molecule has 0 radical (unpaired) electrons. The van der Waals surface area contributed by atoms with Gasteiger partial charge in [-0.15, -0.1) is 11.3 Å². The molecule has 2 N–H and O–H groups in total. The Balaban J connectivity index is 1.63. The van der Waals surface area contributed by atoms with Gasteiger partial charge in [-0.25, -0.2) is 14.4 Å². The van der Waals surface area contributed by atoms with Gasteiger partial charge in [-0.3, -0.25) is 4.40 Å². The van der Waals surface area contributed by atoms with Crippen LogP contribution < -0.4 is 10.6 Å². The van der Waals surface area contributed by atoms with Crippen LogP contribution in [0.4, 0.5) is 4.39 Å². The predicted octanol–water partition coefficient (Wildman–Crippen LogP) is 2.79. The first-order valence-electron chi connectivity index (χ1n) is 7.42. The first-order valence-corrected chi connectivity index (χ1v) is 8.30. The number of nitrogens with one attached hydrogen (secondary N) is 2. The summed E-state index contributed by atoms with van der Waals surface area (Å²) in [5, 5.41) is 8.43. The summed E-state index contributed by atoms with van der Waals surface area (Å²) in [6, 6.07) is 6.48. The average Bonchev–Trinajstić information content (AvgIpc) is 3.11. The van der Waals surface area contributed by atoms with Crippen LogP contribution in [0.15, 0.2) is 47.0 Å². The van der Waals surface area contributed by atoms with E-state index in [1.54, 1.807) is 17.4 Å². The Hall–Kier alpha value is -2.41. The van der Waals surface area contributed by atoms with Gasteiger partial charge in [0, 0.05) is 24.3 Å². The summed E-state index contributed by atoms with van der Waals surface area (Å²) in [7, 11) is 0. The summed E-state index contributed by atoms with van der Waals surface area (Å²) >= 11 is 1.60. The maximum Gasteiger partial charge on any atom is 0.193 e. The van der Waals surface area contributed by atoms with Crippen LogP contribution in [0, 0.1) is 5.82 Å². The molecule has 0 aliphatic carbocycles. The van der Waals surface area contributed by atoms with Gasteiger partial charge in [0.15, 0.2) is 10.9 Å². The Morgan fingerprint density at radius 1 is 1.39 bits per heavy atom. The Morgan fingerprint density at radius 3 is 3.09 bits per heavy atom. The van der Waals surface area contributed by atoms with Gasteiger partial charge in [-0.2, -0.15) is 0 Å². The highest BCUT2D eigenvalue weighted by Gasteiger charge is 2.04. The Labute approximate surface area is 137 Å². The Bertz CT molecular complexity index is 779. The van der Waals surface area contributed by atoms with Crippen molar-refractivity contribution < 1.29 is 4.39 Å². The second-order valence-electron chi connectivity index (χ2n) is 5.00. The molecule has 0 fully saturated rings. The smallest absolute Gasteiger partial charge is 0.193 e. The number of rotatable bonds is 5. The first kappa shape index (κ1) is 15.5. The van der Waals surface area contributed by atoms with Crippen molar-refractivity contribution in [3.05, 3.63) is 59.1 Å². The van der Waals surface area contributed by atoms with Crippen LogP contribution in [0.1, 0.15) is 18.2 Å². The molecule has 7 heteroatoms. The molecule has 3 aromatic rings. The van der Waals surface area contributed by atoms with Gasteiger partial charge in [0.1, 0.15) is 5.82 Å². The average molecular weight is 331 g/mol. The number of halogens is 1. The minimum absolute atomic E-state index is 0.242. The van der Waals surface area contributed by atoms with Gasteiger partial charge in [0.25, 0.3) is 0 Å². The summed E-state index contributed by atoms with van der Waals surface area (Å²) < 4.78 is 15.2. The van der Waals surface area contributed by atoms with Crippen molar-refractivity contribution in [2.45, 2.75) is 20.0 Å². The second kappa shape index (κ2) is 7.23. The molecular formula is C16H18FN5S. The molecule has 0 aliphatic heterocycles. The van der Waals surface area contributed by atoms with Gasteiger partial charge in [-0.1, -0.05) is 12.1 Å². The minimum Gasteiger partial charge on any atom is -0.357 e. The van der Waals surface area contributed by atoms with Crippen molar-refractivity contribution in [2.24, 2.45) is 4.99 Å². The normalized spacial score (nSPS) is 11.8. The van der Waals surface area contributed by atoms with Crippen LogP contribution in [0.3, 0.4) is 0 Å². The maximum absolute atomic E-state index is 13.2. The number of hydrogen-bond donors (Lipinski definition) is 2. The summed E-state index contributed by atoms with van der Waals surface area (Å²) in [6.07, 6.45) is 3.98. The van der Waals surface area contributed by atoms with E-state index in [9.17, 15) is 4.39 Å². The van der Waals surface area contributed by atoms with Gasteiger partial charge in [-0.05, 0) is 24.6 Å². The number of aromatic nitrogens is 2. The quantitative estimate of drug-likeness (QED) is 0.558. The van der Waals surface area contributed by atoms with Gasteiger partial charge in [0.05, 0.1) is 18.8 Å². The number of nitrogens with zero attached hydrogens (tertiary/aromatic N) is 3. The maximum atomic E-state index is 13.2. The van der Waals surface area contributed by atoms with Gasteiger partial charge >= 0.3 is 0 Å². The third-order valence-electron chi connectivity index (χ3n) is 3.23. The summed E-state index contributed by atoms with van der Waals surface area (Å²) in [5.41, 5.74) is 1.79. The Morgan fingerprint density at radius 2 is 2.30 bits per heavy atom. The first-order chi connectivity index (χ1) is 11.2. The number of hydrogen-bond acceptors (Lipinski definition) is 3. The van der Waals surface area contributed by atoms with Crippen molar-refractivity contribution in [3.63, 3.8) is 0 Å². The lowest BCUT2D eigenvalue weighted by molar-refractivity contribution is 0.625. The highest BCUT2D eigenvalue weighted by Crippen LogP contribution is 2.11. The van der Waals surface area contributed by atoms with Gasteiger partial charge < -0.3 is 10.6 Å². The van der Waals surface area contributed by atoms with Crippen molar-refractivity contribution in [2.75, 3.05) is 6.54 Å². The molecule has 0 spiro atoms. The molecule has 1 aromatic carbocycles. The van der Waals surface area contributed by atoms with E-state index in [0.717, 1.165) is 22.8 Å². The predicted molar refractivity (Wildman–Crippen MR) is 91.1 cm³/mol. The third kappa shape index (κ3) is 4.07. The molecule has 0 aliphatic rings. The molecular weight excluding hydrogens is 313 g/mol. The van der Waals surface area contributed by atoms with Crippen LogP contribution in [0.25, 0.3) is 4.96 Å². The summed E-state index contributed by atoms with van der Waals surface area (Å²) in [6.45, 7) is 3.77. The fourth-order valence-corrected chi connectivity index (χ4v) is 2.90. The van der Waals surface area contributed by atoms with Crippen molar-refractivity contribution in [1.82, 2.24) is 20.0 Å². The van der Waals surface area contributed by atoms with Crippen molar-refractivity contribution in [1.29, 1.82) is 0 Å². The zero-order valence-electron chi connectivity index (χ0n) is 12.8. The van der Waals surface area contributed by atoms with E-state index < -0.39 is 0 Å². The number of benzene rings is 1. The highest BCUT2D eigenvalue weighted by molar-refractivity contribution is 7.15. The molecule has 0 amide bonds. The zero-order chi connectivity index (χ0) is 16.1. The number of fused-ring (bicyclic) bond motifs is 1. The van der Waals surface area contributed by atoms with E-state index in [-0.39, 0.29) is 5.82 Å². The van der Waals surface area contributed by atoms with E-state index in [4.69, 9.17) is 0 Å². The molecule has 0 atom stereocenters. The molecule has 3 rings (SSSR count). The van der Waals surface area contributed by atoms with Gasteiger partial charge in [0.2, 0.25) is 0 Å². The molecule has 2 heterocycles. The second-order valence-corrected chi connectivity index (χ2v) is 5.88. The molecule has 120 valence electrons. The fraction of sp³-hybridized carbons (Fsp3) is 0.250. The number of guanidine groups is 1. The molecule has 2 aromatic heterocycles. The SMILES string of the molecule is CCNC(=NCc1cccc(F)c1)NCc1cn2ccsc2n1. The largest absolute Gasteiger partial charge is 0.357 e. The van der Waals surface area contributed by atoms with Crippen LogP contribution in [0.5, 0.6) is 0 Å². The van der Waals surface area contributed by atoms with Crippen molar-refractivity contribution in [3.8, 4) is 0 Å². The van der Waals surface area contributed by atoms with E-state index in [0.29, 0.717) is 19.0 Å². The highest BCUT2D eigenvalue weighted by atomic mass is 32.1. The lowest BCUT2D eigenvalue weighted by atomic mass is 10.2. The monoisotopic (exact) mass is 331 g/mol. The fourth-order valence-electron chi connectivity index (χ4n) is 2.18. The van der Waals surface area contributed by atoms with E-state index >= 15 is 0 Å². The number of imidazole rings is 1. The third-order valence-corrected chi connectivity index (χ3v) is 4.00. The van der Waals surface area contributed by atoms with E-state index in [2.05, 4.69) is 20.6 Å². The van der Waals surface area contributed by atoms with E-state index in [1.807, 2.05) is 35.2 Å².